The van der Waals surface area contributed by atoms with Gasteiger partial charge in [-0.25, -0.2) is 17.2 Å². The molecular weight excluding hydrogens is 493 g/mol. The molecule has 2 aromatic rings. The predicted octanol–water partition coefficient (Wildman–Crippen LogP) is 4.68. The summed E-state index contributed by atoms with van der Waals surface area (Å²) in [6.07, 6.45) is 1.47. The Balaban J connectivity index is 1.73. The molecule has 1 fully saturated rings. The van der Waals surface area contributed by atoms with Crippen molar-refractivity contribution in [3.05, 3.63) is 64.7 Å². The molecule has 190 valence electrons. The average molecular weight is 518 g/mol. The summed E-state index contributed by atoms with van der Waals surface area (Å²) in [6.45, 7) is 0.952. The number of amides is 1. The number of halogens is 5. The van der Waals surface area contributed by atoms with Crippen LogP contribution in [0.15, 0.2) is 36.4 Å². The Kier molecular flexibility index (Phi) is 8.04. The van der Waals surface area contributed by atoms with Crippen LogP contribution in [0.5, 0.6) is 0 Å². The summed E-state index contributed by atoms with van der Waals surface area (Å²) >= 11 is 0. The lowest BCUT2D eigenvalue weighted by Crippen LogP contribution is -2.30. The van der Waals surface area contributed by atoms with Crippen molar-refractivity contribution in [1.29, 1.82) is 0 Å². The highest BCUT2D eigenvalue weighted by molar-refractivity contribution is 7.92. The van der Waals surface area contributed by atoms with Crippen LogP contribution in [-0.4, -0.2) is 33.7 Å². The summed E-state index contributed by atoms with van der Waals surface area (Å²) in [5.74, 6) is -2.93. The normalized spacial score (nSPS) is 14.9. The fraction of sp³-hybridized carbons (Fsp3) is 0.348. The molecule has 1 aliphatic heterocycles. The zero-order valence-electron chi connectivity index (χ0n) is 18.8. The van der Waals surface area contributed by atoms with Crippen LogP contribution in [-0.2, 0) is 27.5 Å². The number of alkyl halides is 3. The van der Waals surface area contributed by atoms with E-state index in [9.17, 15) is 35.2 Å². The first-order valence-electron chi connectivity index (χ1n) is 10.7. The molecule has 0 atom stereocenters. The minimum absolute atomic E-state index is 0.0457. The van der Waals surface area contributed by atoms with E-state index < -0.39 is 45.0 Å². The lowest BCUT2D eigenvalue weighted by Gasteiger charge is -2.30. The van der Waals surface area contributed by atoms with Crippen LogP contribution in [0.1, 0.15) is 36.0 Å². The Morgan fingerprint density at radius 1 is 1.06 bits per heavy atom. The largest absolute Gasteiger partial charge is 0.416 e. The van der Waals surface area contributed by atoms with Gasteiger partial charge in [-0.1, -0.05) is 6.07 Å². The number of benzene rings is 2. The summed E-state index contributed by atoms with van der Waals surface area (Å²) in [4.78, 5) is 14.1. The van der Waals surface area contributed by atoms with Crippen LogP contribution in [0.3, 0.4) is 0 Å². The summed E-state index contributed by atoms with van der Waals surface area (Å²) in [5, 5.41) is 2.43. The maximum atomic E-state index is 14.1. The Hall–Kier alpha value is -3.15. The summed E-state index contributed by atoms with van der Waals surface area (Å²) in [6, 6.07) is 5.08. The molecule has 6 nitrogen and oxygen atoms in total. The van der Waals surface area contributed by atoms with Crippen molar-refractivity contribution in [2.45, 2.75) is 32.0 Å². The number of carbonyl (C=O) groups is 1. The molecule has 0 unspecified atom stereocenters. The van der Waals surface area contributed by atoms with Gasteiger partial charge >= 0.3 is 6.18 Å². The second-order valence-corrected chi connectivity index (χ2v) is 9.93. The SMILES string of the molecule is CS(=O)(=O)Nc1c(F)cc(CNC(=O)C=Cc2ccc(C(F)(F)F)cc2N2CCCCC2)cc1F. The maximum Gasteiger partial charge on any atom is 0.416 e. The molecule has 0 aromatic heterocycles. The number of piperidine rings is 1. The van der Waals surface area contributed by atoms with Crippen molar-refractivity contribution in [1.82, 2.24) is 5.32 Å². The molecule has 1 saturated heterocycles. The molecular formula is C23H24F5N3O3S. The number of sulfonamides is 1. The first kappa shape index (κ1) is 26.5. The highest BCUT2D eigenvalue weighted by Crippen LogP contribution is 2.35. The van der Waals surface area contributed by atoms with Gasteiger partial charge in [0.1, 0.15) is 5.69 Å². The highest BCUT2D eigenvalue weighted by atomic mass is 32.2. The number of hydrogen-bond donors (Lipinski definition) is 2. The minimum atomic E-state index is -4.50. The zero-order chi connectivity index (χ0) is 25.8. The molecule has 35 heavy (non-hydrogen) atoms. The number of carbonyl (C=O) groups excluding carboxylic acids is 1. The van der Waals surface area contributed by atoms with E-state index in [-0.39, 0.29) is 12.1 Å². The van der Waals surface area contributed by atoms with Crippen molar-refractivity contribution in [3.8, 4) is 0 Å². The maximum absolute atomic E-state index is 14.1. The monoisotopic (exact) mass is 517 g/mol. The average Bonchev–Trinajstić information content (AvgIpc) is 2.78. The van der Waals surface area contributed by atoms with Crippen molar-refractivity contribution in [2.24, 2.45) is 0 Å². The molecule has 1 heterocycles. The fourth-order valence-corrected chi connectivity index (χ4v) is 4.26. The van der Waals surface area contributed by atoms with Crippen LogP contribution in [0.25, 0.3) is 6.08 Å². The van der Waals surface area contributed by atoms with Gasteiger partial charge in [0.25, 0.3) is 0 Å². The molecule has 12 heteroatoms. The van der Waals surface area contributed by atoms with Crippen molar-refractivity contribution >= 4 is 33.4 Å². The van der Waals surface area contributed by atoms with Gasteiger partial charge in [0.2, 0.25) is 15.9 Å². The fourth-order valence-electron chi connectivity index (χ4n) is 3.69. The Morgan fingerprint density at radius 2 is 1.69 bits per heavy atom. The van der Waals surface area contributed by atoms with Crippen LogP contribution < -0.4 is 14.9 Å². The van der Waals surface area contributed by atoms with Crippen molar-refractivity contribution in [2.75, 3.05) is 29.0 Å². The Morgan fingerprint density at radius 3 is 2.26 bits per heavy atom. The van der Waals surface area contributed by atoms with Crippen LogP contribution in [0.4, 0.5) is 33.3 Å². The van der Waals surface area contributed by atoms with E-state index in [0.29, 0.717) is 24.3 Å². The Bertz CT molecular complexity index is 1200. The molecule has 3 rings (SSSR count). The minimum Gasteiger partial charge on any atom is -0.371 e. The lowest BCUT2D eigenvalue weighted by molar-refractivity contribution is -0.137. The third kappa shape index (κ3) is 7.41. The van der Waals surface area contributed by atoms with E-state index in [0.717, 1.165) is 55.9 Å². The van der Waals surface area contributed by atoms with Gasteiger partial charge in [0.15, 0.2) is 11.6 Å². The van der Waals surface area contributed by atoms with E-state index in [2.05, 4.69) is 5.32 Å². The number of nitrogens with one attached hydrogen (secondary N) is 2. The van der Waals surface area contributed by atoms with Crippen molar-refractivity contribution < 1.29 is 35.2 Å². The quantitative estimate of drug-likeness (QED) is 0.413. The highest BCUT2D eigenvalue weighted by Gasteiger charge is 2.31. The summed E-state index contributed by atoms with van der Waals surface area (Å²) in [7, 11) is -3.89. The third-order valence-electron chi connectivity index (χ3n) is 5.32. The second-order valence-electron chi connectivity index (χ2n) is 8.18. The van der Waals surface area contributed by atoms with Crippen LogP contribution >= 0.6 is 0 Å². The molecule has 1 amide bonds. The van der Waals surface area contributed by atoms with Crippen LogP contribution in [0.2, 0.25) is 0 Å². The molecule has 0 bridgehead atoms. The molecule has 0 aliphatic carbocycles. The number of nitrogens with zero attached hydrogens (tertiary/aromatic N) is 1. The van der Waals surface area contributed by atoms with Gasteiger partial charge < -0.3 is 10.2 Å². The van der Waals surface area contributed by atoms with Crippen molar-refractivity contribution in [3.63, 3.8) is 0 Å². The molecule has 2 N–H and O–H groups in total. The third-order valence-corrected chi connectivity index (χ3v) is 5.90. The molecule has 0 saturated carbocycles. The number of hydrogen-bond acceptors (Lipinski definition) is 4. The van der Waals surface area contributed by atoms with E-state index in [1.54, 1.807) is 4.72 Å². The van der Waals surface area contributed by atoms with Gasteiger partial charge in [0, 0.05) is 31.4 Å². The molecule has 0 spiro atoms. The van der Waals surface area contributed by atoms with Gasteiger partial charge in [-0.2, -0.15) is 13.2 Å². The zero-order valence-corrected chi connectivity index (χ0v) is 19.6. The lowest BCUT2D eigenvalue weighted by atomic mass is 10.0. The van der Waals surface area contributed by atoms with Gasteiger partial charge in [-0.3, -0.25) is 9.52 Å². The predicted molar refractivity (Wildman–Crippen MR) is 123 cm³/mol. The number of rotatable bonds is 7. The van der Waals surface area contributed by atoms with Gasteiger partial charge in [-0.05, 0) is 60.7 Å². The van der Waals surface area contributed by atoms with Gasteiger partial charge in [-0.15, -0.1) is 0 Å². The first-order valence-corrected chi connectivity index (χ1v) is 12.6. The standard InChI is InChI=1S/C23H24F5N3O3S/c1-35(33,34)30-22-18(24)11-15(12-19(22)25)14-29-21(32)8-6-16-5-7-17(23(26,27)28)13-20(16)31-9-3-2-4-10-31/h5-8,11-13,30H,2-4,9-10,14H2,1H3,(H,29,32). The van der Waals surface area contributed by atoms with E-state index >= 15 is 0 Å². The van der Waals surface area contributed by atoms with Gasteiger partial charge in [0.05, 0.1) is 11.8 Å². The topological polar surface area (TPSA) is 78.5 Å². The number of anilines is 2. The van der Waals surface area contributed by atoms with E-state index in [1.807, 2.05) is 4.90 Å². The van der Waals surface area contributed by atoms with E-state index in [1.165, 1.54) is 12.1 Å². The molecule has 2 aromatic carbocycles. The molecule has 0 radical (unpaired) electrons. The van der Waals surface area contributed by atoms with E-state index in [4.69, 9.17) is 0 Å². The smallest absolute Gasteiger partial charge is 0.371 e. The molecule has 1 aliphatic rings. The summed E-state index contributed by atoms with van der Waals surface area (Å²) < 4.78 is 92.0. The summed E-state index contributed by atoms with van der Waals surface area (Å²) in [5.41, 5.74) is -0.748. The first-order chi connectivity index (χ1) is 16.3. The van der Waals surface area contributed by atoms with Crippen LogP contribution in [0, 0.1) is 11.6 Å². The Labute approximate surface area is 199 Å². The second kappa shape index (κ2) is 10.6.